The number of nitrogens with one attached hydrogen (secondary N) is 2. The van der Waals surface area contributed by atoms with Gasteiger partial charge in [0.1, 0.15) is 0 Å². The monoisotopic (exact) mass is 248 g/mol. The van der Waals surface area contributed by atoms with Crippen LogP contribution in [0, 0.1) is 0 Å². The van der Waals surface area contributed by atoms with Crippen LogP contribution in [0.1, 0.15) is 44.2 Å². The van der Waals surface area contributed by atoms with Gasteiger partial charge in [-0.1, -0.05) is 45.0 Å². The van der Waals surface area contributed by atoms with Crippen molar-refractivity contribution >= 4 is 5.91 Å². The third-order valence-electron chi connectivity index (χ3n) is 2.83. The van der Waals surface area contributed by atoms with E-state index in [2.05, 4.69) is 48.7 Å². The number of benzene rings is 1. The van der Waals surface area contributed by atoms with Crippen LogP contribution in [0.25, 0.3) is 0 Å². The quantitative estimate of drug-likeness (QED) is 0.778. The molecular weight excluding hydrogens is 224 g/mol. The zero-order chi connectivity index (χ0) is 13.4. The van der Waals surface area contributed by atoms with Crippen LogP contribution in [0.3, 0.4) is 0 Å². The molecule has 1 aromatic rings. The summed E-state index contributed by atoms with van der Waals surface area (Å²) in [4.78, 5) is 11.4. The van der Waals surface area contributed by atoms with Gasteiger partial charge < -0.3 is 10.6 Å². The van der Waals surface area contributed by atoms with Crippen LogP contribution in [0.5, 0.6) is 0 Å². The Kier molecular flexibility index (Phi) is 6.44. The normalized spacial score (nSPS) is 10.7. The molecule has 0 bridgehead atoms. The van der Waals surface area contributed by atoms with Crippen molar-refractivity contribution < 1.29 is 4.79 Å². The van der Waals surface area contributed by atoms with Gasteiger partial charge in [-0.05, 0) is 23.5 Å². The Morgan fingerprint density at radius 1 is 1.22 bits per heavy atom. The fourth-order valence-electron chi connectivity index (χ4n) is 1.67. The highest BCUT2D eigenvalue weighted by Gasteiger charge is 2.01. The molecular formula is C15H24N2O. The number of hydrogen-bond donors (Lipinski definition) is 2. The van der Waals surface area contributed by atoms with Crippen LogP contribution in [0.2, 0.25) is 0 Å². The second-order valence-corrected chi connectivity index (χ2v) is 4.85. The lowest BCUT2D eigenvalue weighted by Gasteiger charge is -2.08. The van der Waals surface area contributed by atoms with Crippen molar-refractivity contribution in [2.75, 3.05) is 13.1 Å². The highest BCUT2D eigenvalue weighted by atomic mass is 16.1. The molecule has 0 aliphatic heterocycles. The number of carbonyl (C=O) groups is 1. The smallest absolute Gasteiger partial charge is 0.233 e. The summed E-state index contributed by atoms with van der Waals surface area (Å²) in [7, 11) is 0. The minimum atomic E-state index is 0.0654. The molecule has 0 fully saturated rings. The molecule has 2 N–H and O–H groups in total. The zero-order valence-corrected chi connectivity index (χ0v) is 11.6. The van der Waals surface area contributed by atoms with E-state index in [1.807, 2.05) is 6.92 Å². The first-order chi connectivity index (χ1) is 8.63. The van der Waals surface area contributed by atoms with Crippen LogP contribution in [0.15, 0.2) is 24.3 Å². The van der Waals surface area contributed by atoms with E-state index in [1.165, 1.54) is 11.1 Å². The largest absolute Gasteiger partial charge is 0.355 e. The molecule has 1 rings (SSSR count). The Labute approximate surface area is 110 Å². The average Bonchev–Trinajstić information content (AvgIpc) is 2.37. The SMILES string of the molecule is CCCNC(=O)CNCc1ccc(C(C)C)cc1. The van der Waals surface area contributed by atoms with Gasteiger partial charge in [0, 0.05) is 13.1 Å². The predicted molar refractivity (Wildman–Crippen MR) is 75.5 cm³/mol. The summed E-state index contributed by atoms with van der Waals surface area (Å²) in [5, 5.41) is 5.99. The van der Waals surface area contributed by atoms with Crippen LogP contribution < -0.4 is 10.6 Å². The maximum atomic E-state index is 11.4. The topological polar surface area (TPSA) is 41.1 Å². The summed E-state index contributed by atoms with van der Waals surface area (Å²) < 4.78 is 0. The average molecular weight is 248 g/mol. The van der Waals surface area contributed by atoms with Crippen molar-refractivity contribution in [2.45, 2.75) is 39.7 Å². The molecule has 100 valence electrons. The minimum Gasteiger partial charge on any atom is -0.355 e. The van der Waals surface area contributed by atoms with Gasteiger partial charge in [0.05, 0.1) is 6.54 Å². The van der Waals surface area contributed by atoms with Gasteiger partial charge in [-0.2, -0.15) is 0 Å². The van der Waals surface area contributed by atoms with Crippen molar-refractivity contribution in [1.29, 1.82) is 0 Å². The van der Waals surface area contributed by atoms with Crippen molar-refractivity contribution in [1.82, 2.24) is 10.6 Å². The number of carbonyl (C=O) groups excluding carboxylic acids is 1. The Bertz CT molecular complexity index is 357. The van der Waals surface area contributed by atoms with Crippen molar-refractivity contribution in [2.24, 2.45) is 0 Å². The summed E-state index contributed by atoms with van der Waals surface area (Å²) in [6.45, 7) is 8.29. The summed E-state index contributed by atoms with van der Waals surface area (Å²) in [5.41, 5.74) is 2.56. The Morgan fingerprint density at radius 3 is 2.44 bits per heavy atom. The second kappa shape index (κ2) is 7.88. The Morgan fingerprint density at radius 2 is 1.89 bits per heavy atom. The standard InChI is InChI=1S/C15H24N2O/c1-4-9-17-15(18)11-16-10-13-5-7-14(8-6-13)12(2)3/h5-8,12,16H,4,9-11H2,1-3H3,(H,17,18). The van der Waals surface area contributed by atoms with E-state index in [1.54, 1.807) is 0 Å². The van der Waals surface area contributed by atoms with Gasteiger partial charge in [-0.25, -0.2) is 0 Å². The molecule has 3 heteroatoms. The summed E-state index contributed by atoms with van der Waals surface area (Å²) in [5.74, 6) is 0.627. The molecule has 0 aliphatic carbocycles. The highest BCUT2D eigenvalue weighted by molar-refractivity contribution is 5.77. The highest BCUT2D eigenvalue weighted by Crippen LogP contribution is 2.14. The van der Waals surface area contributed by atoms with Gasteiger partial charge >= 0.3 is 0 Å². The van der Waals surface area contributed by atoms with Gasteiger partial charge in [0.2, 0.25) is 5.91 Å². The predicted octanol–water partition coefficient (Wildman–Crippen LogP) is 2.43. The molecule has 0 unspecified atom stereocenters. The summed E-state index contributed by atoms with van der Waals surface area (Å²) in [6, 6.07) is 8.54. The lowest BCUT2D eigenvalue weighted by Crippen LogP contribution is -2.33. The first-order valence-corrected chi connectivity index (χ1v) is 6.69. The minimum absolute atomic E-state index is 0.0654. The Balaban J connectivity index is 2.29. The third-order valence-corrected chi connectivity index (χ3v) is 2.83. The maximum absolute atomic E-state index is 11.4. The summed E-state index contributed by atoms with van der Waals surface area (Å²) >= 11 is 0. The molecule has 3 nitrogen and oxygen atoms in total. The van der Waals surface area contributed by atoms with Crippen LogP contribution in [0.4, 0.5) is 0 Å². The van der Waals surface area contributed by atoms with E-state index in [0.29, 0.717) is 12.5 Å². The number of hydrogen-bond acceptors (Lipinski definition) is 2. The van der Waals surface area contributed by atoms with Gasteiger partial charge in [0.25, 0.3) is 0 Å². The van der Waals surface area contributed by atoms with Crippen LogP contribution in [-0.4, -0.2) is 19.0 Å². The lowest BCUT2D eigenvalue weighted by molar-refractivity contribution is -0.120. The molecule has 0 saturated heterocycles. The maximum Gasteiger partial charge on any atom is 0.233 e. The van der Waals surface area contributed by atoms with Crippen molar-refractivity contribution in [3.05, 3.63) is 35.4 Å². The molecule has 1 aromatic carbocycles. The number of rotatable bonds is 7. The van der Waals surface area contributed by atoms with Gasteiger partial charge in [-0.3, -0.25) is 4.79 Å². The zero-order valence-electron chi connectivity index (χ0n) is 11.6. The third kappa shape index (κ3) is 5.32. The number of amides is 1. The molecule has 18 heavy (non-hydrogen) atoms. The Hall–Kier alpha value is -1.35. The van der Waals surface area contributed by atoms with E-state index in [9.17, 15) is 4.79 Å². The van der Waals surface area contributed by atoms with E-state index >= 15 is 0 Å². The van der Waals surface area contributed by atoms with E-state index in [-0.39, 0.29) is 5.91 Å². The first kappa shape index (κ1) is 14.7. The molecule has 0 atom stereocenters. The molecule has 0 spiro atoms. The van der Waals surface area contributed by atoms with E-state index < -0.39 is 0 Å². The van der Waals surface area contributed by atoms with Crippen molar-refractivity contribution in [3.8, 4) is 0 Å². The van der Waals surface area contributed by atoms with E-state index in [4.69, 9.17) is 0 Å². The molecule has 0 aromatic heterocycles. The second-order valence-electron chi connectivity index (χ2n) is 4.85. The van der Waals surface area contributed by atoms with Crippen LogP contribution in [-0.2, 0) is 11.3 Å². The molecule has 1 amide bonds. The molecule has 0 saturated carbocycles. The van der Waals surface area contributed by atoms with Crippen molar-refractivity contribution in [3.63, 3.8) is 0 Å². The van der Waals surface area contributed by atoms with Crippen LogP contribution >= 0.6 is 0 Å². The molecule has 0 aliphatic rings. The fraction of sp³-hybridized carbons (Fsp3) is 0.533. The van der Waals surface area contributed by atoms with Gasteiger partial charge in [-0.15, -0.1) is 0 Å². The first-order valence-electron chi connectivity index (χ1n) is 6.69. The van der Waals surface area contributed by atoms with Gasteiger partial charge in [0.15, 0.2) is 0 Å². The molecule has 0 radical (unpaired) electrons. The molecule has 0 heterocycles. The van der Waals surface area contributed by atoms with E-state index in [0.717, 1.165) is 19.5 Å². The fourth-order valence-corrected chi connectivity index (χ4v) is 1.67. The lowest BCUT2D eigenvalue weighted by atomic mass is 10.0. The summed E-state index contributed by atoms with van der Waals surface area (Å²) in [6.07, 6.45) is 0.975.